The van der Waals surface area contributed by atoms with E-state index in [1.807, 2.05) is 6.07 Å². The van der Waals surface area contributed by atoms with Gasteiger partial charge in [0.15, 0.2) is 0 Å². The van der Waals surface area contributed by atoms with Crippen molar-refractivity contribution in [2.45, 2.75) is 32.2 Å². The van der Waals surface area contributed by atoms with Crippen LogP contribution in [-0.4, -0.2) is 6.54 Å². The van der Waals surface area contributed by atoms with Crippen LogP contribution >= 0.6 is 27.5 Å². The molecule has 0 bridgehead atoms. The molecule has 0 heterocycles. The lowest BCUT2D eigenvalue weighted by Gasteiger charge is -2.15. The Labute approximate surface area is 116 Å². The smallest absolute Gasteiger partial charge is 0.0462 e. The minimum Gasteiger partial charge on any atom is -0.312 e. The quantitative estimate of drug-likeness (QED) is 0.850. The standard InChI is InChI=1S/C14H17BrClN/c15-12-4-1-10(13(16)7-12)8-17-9-14(5-6-14)11-2-3-11/h1,4,7,11,17H,2-3,5-6,8-9H2. The Hall–Kier alpha value is -0.0500. The Kier molecular flexibility index (Phi) is 3.22. The van der Waals surface area contributed by atoms with E-state index in [0.29, 0.717) is 5.41 Å². The zero-order chi connectivity index (χ0) is 11.9. The first kappa shape index (κ1) is 12.0. The third kappa shape index (κ3) is 2.69. The van der Waals surface area contributed by atoms with Gasteiger partial charge >= 0.3 is 0 Å². The molecule has 1 nitrogen and oxygen atoms in total. The lowest BCUT2D eigenvalue weighted by Crippen LogP contribution is -2.25. The lowest BCUT2D eigenvalue weighted by atomic mass is 10.0. The molecule has 2 aliphatic carbocycles. The van der Waals surface area contributed by atoms with Gasteiger partial charge in [-0.3, -0.25) is 0 Å². The molecule has 0 radical (unpaired) electrons. The van der Waals surface area contributed by atoms with Gasteiger partial charge in [-0.25, -0.2) is 0 Å². The van der Waals surface area contributed by atoms with Crippen LogP contribution in [0.3, 0.4) is 0 Å². The highest BCUT2D eigenvalue weighted by molar-refractivity contribution is 9.10. The molecule has 0 aromatic heterocycles. The third-order valence-electron chi connectivity index (χ3n) is 4.14. The van der Waals surface area contributed by atoms with Gasteiger partial charge in [0.05, 0.1) is 0 Å². The van der Waals surface area contributed by atoms with E-state index in [1.54, 1.807) is 0 Å². The Morgan fingerprint density at radius 1 is 1.35 bits per heavy atom. The van der Waals surface area contributed by atoms with Crippen molar-refractivity contribution in [3.8, 4) is 0 Å². The molecular weight excluding hydrogens is 298 g/mol. The second-order valence-corrected chi connectivity index (χ2v) is 6.80. The first-order valence-corrected chi connectivity index (χ1v) is 7.51. The van der Waals surface area contributed by atoms with Crippen molar-refractivity contribution in [2.24, 2.45) is 11.3 Å². The molecule has 2 fully saturated rings. The van der Waals surface area contributed by atoms with E-state index in [9.17, 15) is 0 Å². The zero-order valence-electron chi connectivity index (χ0n) is 9.81. The molecule has 1 aromatic carbocycles. The zero-order valence-corrected chi connectivity index (χ0v) is 12.1. The number of halogens is 2. The normalized spacial score (nSPS) is 21.5. The summed E-state index contributed by atoms with van der Waals surface area (Å²) >= 11 is 9.63. The van der Waals surface area contributed by atoms with Crippen molar-refractivity contribution in [2.75, 3.05) is 6.54 Å². The van der Waals surface area contributed by atoms with Crippen LogP contribution in [0.4, 0.5) is 0 Å². The monoisotopic (exact) mass is 313 g/mol. The predicted octanol–water partition coefficient (Wildman–Crippen LogP) is 4.38. The number of rotatable bonds is 5. The maximum atomic E-state index is 6.20. The van der Waals surface area contributed by atoms with Gasteiger partial charge in [0, 0.05) is 22.6 Å². The maximum absolute atomic E-state index is 6.20. The molecule has 0 amide bonds. The summed E-state index contributed by atoms with van der Waals surface area (Å²) in [6.07, 6.45) is 5.78. The van der Waals surface area contributed by atoms with Crippen molar-refractivity contribution in [3.63, 3.8) is 0 Å². The molecule has 92 valence electrons. The molecule has 1 aromatic rings. The number of hydrogen-bond acceptors (Lipinski definition) is 1. The highest BCUT2D eigenvalue weighted by Gasteiger charge is 2.53. The van der Waals surface area contributed by atoms with E-state index in [0.717, 1.165) is 22.0 Å². The Balaban J connectivity index is 1.53. The second-order valence-electron chi connectivity index (χ2n) is 5.48. The molecule has 2 saturated carbocycles. The van der Waals surface area contributed by atoms with Crippen molar-refractivity contribution in [1.29, 1.82) is 0 Å². The number of nitrogens with one attached hydrogen (secondary N) is 1. The van der Waals surface area contributed by atoms with E-state index in [2.05, 4.69) is 33.4 Å². The minimum atomic E-state index is 0.668. The number of hydrogen-bond donors (Lipinski definition) is 1. The Morgan fingerprint density at radius 2 is 2.12 bits per heavy atom. The van der Waals surface area contributed by atoms with E-state index in [4.69, 9.17) is 11.6 Å². The molecular formula is C14H17BrClN. The fourth-order valence-electron chi connectivity index (χ4n) is 2.70. The van der Waals surface area contributed by atoms with Crippen LogP contribution in [0.25, 0.3) is 0 Å². The van der Waals surface area contributed by atoms with Crippen molar-refractivity contribution in [3.05, 3.63) is 33.3 Å². The average Bonchev–Trinajstić information content (AvgIpc) is 3.14. The van der Waals surface area contributed by atoms with Crippen LogP contribution in [0, 0.1) is 11.3 Å². The first-order chi connectivity index (χ1) is 8.20. The summed E-state index contributed by atoms with van der Waals surface area (Å²) in [6.45, 7) is 2.06. The van der Waals surface area contributed by atoms with Crippen molar-refractivity contribution >= 4 is 27.5 Å². The largest absolute Gasteiger partial charge is 0.312 e. The third-order valence-corrected chi connectivity index (χ3v) is 4.99. The molecule has 0 spiro atoms. The molecule has 1 N–H and O–H groups in total. The van der Waals surface area contributed by atoms with Crippen LogP contribution in [0.2, 0.25) is 5.02 Å². The summed E-state index contributed by atoms with van der Waals surface area (Å²) in [4.78, 5) is 0. The predicted molar refractivity (Wildman–Crippen MR) is 75.2 cm³/mol. The fraction of sp³-hybridized carbons (Fsp3) is 0.571. The van der Waals surface area contributed by atoms with Crippen LogP contribution in [0.5, 0.6) is 0 Å². The topological polar surface area (TPSA) is 12.0 Å². The highest BCUT2D eigenvalue weighted by Crippen LogP contribution is 2.60. The molecule has 0 atom stereocenters. The van der Waals surface area contributed by atoms with Gasteiger partial charge in [-0.2, -0.15) is 0 Å². The molecule has 2 aliphatic rings. The van der Waals surface area contributed by atoms with Crippen molar-refractivity contribution in [1.82, 2.24) is 5.32 Å². The molecule has 0 aliphatic heterocycles. The summed E-state index contributed by atoms with van der Waals surface area (Å²) in [5.74, 6) is 1.02. The number of benzene rings is 1. The van der Waals surface area contributed by atoms with Crippen LogP contribution < -0.4 is 5.32 Å². The second kappa shape index (κ2) is 4.56. The van der Waals surface area contributed by atoms with Gasteiger partial charge in [0.2, 0.25) is 0 Å². The highest BCUT2D eigenvalue weighted by atomic mass is 79.9. The van der Waals surface area contributed by atoms with Gasteiger partial charge < -0.3 is 5.32 Å². The SMILES string of the molecule is Clc1cc(Br)ccc1CNCC1(C2CC2)CC1. The van der Waals surface area contributed by atoms with E-state index >= 15 is 0 Å². The summed E-state index contributed by atoms with van der Waals surface area (Å²) < 4.78 is 1.04. The van der Waals surface area contributed by atoms with Gasteiger partial charge in [-0.15, -0.1) is 0 Å². The maximum Gasteiger partial charge on any atom is 0.0462 e. The Bertz CT molecular complexity index is 424. The molecule has 3 rings (SSSR count). The average molecular weight is 315 g/mol. The van der Waals surface area contributed by atoms with E-state index in [-0.39, 0.29) is 0 Å². The van der Waals surface area contributed by atoms with Crippen LogP contribution in [0.15, 0.2) is 22.7 Å². The summed E-state index contributed by atoms with van der Waals surface area (Å²) in [5.41, 5.74) is 1.86. The molecule has 0 saturated heterocycles. The Morgan fingerprint density at radius 3 is 2.71 bits per heavy atom. The first-order valence-electron chi connectivity index (χ1n) is 6.34. The van der Waals surface area contributed by atoms with Crippen LogP contribution in [-0.2, 0) is 6.54 Å². The summed E-state index contributed by atoms with van der Waals surface area (Å²) in [5, 5.41) is 4.44. The van der Waals surface area contributed by atoms with E-state index in [1.165, 1.54) is 37.8 Å². The van der Waals surface area contributed by atoms with Gasteiger partial charge in [0.1, 0.15) is 0 Å². The lowest BCUT2D eigenvalue weighted by molar-refractivity contribution is 0.403. The van der Waals surface area contributed by atoms with Crippen LogP contribution in [0.1, 0.15) is 31.2 Å². The molecule has 3 heteroatoms. The van der Waals surface area contributed by atoms with Gasteiger partial charge in [-0.1, -0.05) is 33.6 Å². The summed E-state index contributed by atoms with van der Waals surface area (Å²) in [7, 11) is 0. The molecule has 0 unspecified atom stereocenters. The van der Waals surface area contributed by atoms with Gasteiger partial charge in [0.25, 0.3) is 0 Å². The van der Waals surface area contributed by atoms with Crippen molar-refractivity contribution < 1.29 is 0 Å². The minimum absolute atomic E-state index is 0.668. The summed E-state index contributed by atoms with van der Waals surface area (Å²) in [6, 6.07) is 6.11. The van der Waals surface area contributed by atoms with E-state index < -0.39 is 0 Å². The fourth-order valence-corrected chi connectivity index (χ4v) is 3.44. The molecule has 17 heavy (non-hydrogen) atoms. The van der Waals surface area contributed by atoms with Gasteiger partial charge in [-0.05, 0) is 54.7 Å².